The van der Waals surface area contributed by atoms with E-state index in [4.69, 9.17) is 4.42 Å². The van der Waals surface area contributed by atoms with Crippen molar-refractivity contribution >= 4 is 24.1 Å². The van der Waals surface area contributed by atoms with E-state index in [0.717, 1.165) is 15.6 Å². The average molecular weight is 294 g/mol. The largest absolute Gasteiger partial charge is 0.461 e. The van der Waals surface area contributed by atoms with Crippen molar-refractivity contribution in [2.75, 3.05) is 0 Å². The van der Waals surface area contributed by atoms with Gasteiger partial charge in [0.25, 0.3) is 0 Å². The molecular weight excluding hydrogens is 284 g/mol. The average Bonchev–Trinajstić information content (AvgIpc) is 3.16. The first kappa shape index (κ1) is 12.2. The number of rotatable bonds is 2. The maximum atomic E-state index is 5.35. The van der Waals surface area contributed by atoms with Gasteiger partial charge in [0.15, 0.2) is 5.76 Å². The molecule has 0 aliphatic carbocycles. The summed E-state index contributed by atoms with van der Waals surface area (Å²) in [4.78, 5) is 1.02. The van der Waals surface area contributed by atoms with Crippen LogP contribution in [0.1, 0.15) is 5.56 Å². The van der Waals surface area contributed by atoms with E-state index in [1.807, 2.05) is 30.3 Å². The fourth-order valence-electron chi connectivity index (χ4n) is 2.02. The Morgan fingerprint density at radius 2 is 1.95 bits per heavy atom. The van der Waals surface area contributed by atoms with Gasteiger partial charge in [-0.3, -0.25) is 0 Å². The number of benzene rings is 1. The van der Waals surface area contributed by atoms with E-state index < -0.39 is 0 Å². The van der Waals surface area contributed by atoms with Crippen molar-refractivity contribution < 1.29 is 4.42 Å². The second kappa shape index (κ2) is 5.06. The molecule has 3 aromatic rings. The van der Waals surface area contributed by atoms with Crippen LogP contribution in [0, 0.1) is 0 Å². The van der Waals surface area contributed by atoms with Crippen LogP contribution in [0.5, 0.6) is 0 Å². The summed E-state index contributed by atoms with van der Waals surface area (Å²) < 4.78 is 7.03. The zero-order valence-corrected chi connectivity index (χ0v) is 11.7. The van der Waals surface area contributed by atoms with Gasteiger partial charge in [-0.2, -0.15) is 9.78 Å². The highest BCUT2D eigenvalue weighted by molar-refractivity contribution is 8.04. The van der Waals surface area contributed by atoms with E-state index >= 15 is 0 Å². The predicted molar refractivity (Wildman–Crippen MR) is 81.9 cm³/mol. The second-order valence-electron chi connectivity index (χ2n) is 4.40. The molecule has 0 bridgehead atoms. The molecule has 0 spiro atoms. The Balaban J connectivity index is 1.68. The van der Waals surface area contributed by atoms with Gasteiger partial charge in [0.1, 0.15) is 0 Å². The number of allylic oxidation sites excluding steroid dienone is 1. The zero-order valence-electron chi connectivity index (χ0n) is 10.9. The molecule has 4 rings (SSSR count). The third kappa shape index (κ3) is 2.30. The third-order valence-electron chi connectivity index (χ3n) is 2.97. The summed E-state index contributed by atoms with van der Waals surface area (Å²) in [6.45, 7) is 0. The van der Waals surface area contributed by atoms with Crippen molar-refractivity contribution in [3.8, 4) is 11.6 Å². The molecular formula is C15H10N4OS. The van der Waals surface area contributed by atoms with Gasteiger partial charge in [0.05, 0.1) is 12.5 Å². The second-order valence-corrected chi connectivity index (χ2v) is 5.44. The van der Waals surface area contributed by atoms with Gasteiger partial charge in [0, 0.05) is 4.91 Å². The van der Waals surface area contributed by atoms with Gasteiger partial charge >= 0.3 is 0 Å². The van der Waals surface area contributed by atoms with E-state index in [1.165, 1.54) is 11.8 Å². The summed E-state index contributed by atoms with van der Waals surface area (Å²) >= 11 is 1.53. The lowest BCUT2D eigenvalue weighted by Crippen LogP contribution is -2.01. The summed E-state index contributed by atoms with van der Waals surface area (Å²) in [6.07, 6.45) is 5.48. The van der Waals surface area contributed by atoms with Crippen molar-refractivity contribution in [2.24, 2.45) is 5.10 Å². The Bertz CT molecular complexity index is 819. The number of hydrogen-bond donors (Lipinski definition) is 0. The van der Waals surface area contributed by atoms with E-state index in [2.05, 4.69) is 33.5 Å². The number of fused-ring (bicyclic) bond motifs is 1. The summed E-state index contributed by atoms with van der Waals surface area (Å²) in [7, 11) is 0. The van der Waals surface area contributed by atoms with Crippen LogP contribution >= 0.6 is 11.8 Å². The predicted octanol–water partition coefficient (Wildman–Crippen LogP) is 3.52. The minimum atomic E-state index is 0.609. The van der Waals surface area contributed by atoms with Crippen LogP contribution in [0.2, 0.25) is 0 Å². The van der Waals surface area contributed by atoms with Gasteiger partial charge in [-0.05, 0) is 35.5 Å². The number of hydrogen-bond acceptors (Lipinski definition) is 5. The highest BCUT2D eigenvalue weighted by atomic mass is 32.2. The molecule has 2 aromatic heterocycles. The molecule has 0 N–H and O–H groups in total. The zero-order chi connectivity index (χ0) is 14.1. The van der Waals surface area contributed by atoms with Gasteiger partial charge < -0.3 is 4.42 Å². The highest BCUT2D eigenvalue weighted by Gasteiger charge is 2.19. The maximum absolute atomic E-state index is 5.35. The quantitative estimate of drug-likeness (QED) is 0.725. The molecule has 0 fully saturated rings. The molecule has 5 nitrogen and oxygen atoms in total. The first-order chi connectivity index (χ1) is 10.4. The van der Waals surface area contributed by atoms with Crippen LogP contribution in [0.3, 0.4) is 0 Å². The summed E-state index contributed by atoms with van der Waals surface area (Å²) in [6, 6.07) is 13.8. The SMILES string of the molecule is C1=Nn2c(nnc2-c2ccco2)S/C1=C/c1ccccc1. The number of aromatic nitrogens is 3. The summed E-state index contributed by atoms with van der Waals surface area (Å²) in [5, 5.41) is 13.4. The molecule has 3 heterocycles. The van der Waals surface area contributed by atoms with Crippen molar-refractivity contribution in [3.63, 3.8) is 0 Å². The maximum Gasteiger partial charge on any atom is 0.221 e. The molecule has 0 saturated heterocycles. The molecule has 0 saturated carbocycles. The van der Waals surface area contributed by atoms with Gasteiger partial charge in [-0.25, -0.2) is 0 Å². The summed E-state index contributed by atoms with van der Waals surface area (Å²) in [5.74, 6) is 1.26. The monoisotopic (exact) mass is 294 g/mol. The highest BCUT2D eigenvalue weighted by Crippen LogP contribution is 2.32. The van der Waals surface area contributed by atoms with Crippen LogP contribution in [0.4, 0.5) is 0 Å². The molecule has 0 radical (unpaired) electrons. The van der Waals surface area contributed by atoms with Crippen LogP contribution in [-0.4, -0.2) is 21.1 Å². The standard InChI is InChI=1S/C15H10N4OS/c1-2-5-11(6-3-1)9-12-10-16-19-14(13-7-4-8-20-13)17-18-15(19)21-12/h1-10H/b12-9+. The Morgan fingerprint density at radius 1 is 1.05 bits per heavy atom. The normalized spacial score (nSPS) is 15.3. The molecule has 0 amide bonds. The fourth-order valence-corrected chi connectivity index (χ4v) is 2.83. The van der Waals surface area contributed by atoms with Crippen molar-refractivity contribution in [2.45, 2.75) is 5.16 Å². The molecule has 102 valence electrons. The number of nitrogens with zero attached hydrogens (tertiary/aromatic N) is 4. The molecule has 21 heavy (non-hydrogen) atoms. The fraction of sp³-hybridized carbons (Fsp3) is 0. The van der Waals surface area contributed by atoms with Crippen molar-refractivity contribution in [1.29, 1.82) is 0 Å². The Hall–Kier alpha value is -2.60. The van der Waals surface area contributed by atoms with Gasteiger partial charge in [-0.1, -0.05) is 30.3 Å². The van der Waals surface area contributed by atoms with Crippen LogP contribution in [-0.2, 0) is 0 Å². The minimum Gasteiger partial charge on any atom is -0.461 e. The molecule has 0 atom stereocenters. The molecule has 1 aliphatic heterocycles. The van der Waals surface area contributed by atoms with Crippen LogP contribution < -0.4 is 0 Å². The molecule has 1 aliphatic rings. The minimum absolute atomic E-state index is 0.609. The summed E-state index contributed by atoms with van der Waals surface area (Å²) in [5.41, 5.74) is 1.13. The van der Waals surface area contributed by atoms with Gasteiger partial charge in [0.2, 0.25) is 11.0 Å². The van der Waals surface area contributed by atoms with Crippen LogP contribution in [0.15, 0.2) is 68.3 Å². The molecule has 1 aromatic carbocycles. The van der Waals surface area contributed by atoms with Crippen molar-refractivity contribution in [1.82, 2.24) is 14.9 Å². The van der Waals surface area contributed by atoms with E-state index in [9.17, 15) is 0 Å². The smallest absolute Gasteiger partial charge is 0.221 e. The molecule has 6 heteroatoms. The lowest BCUT2D eigenvalue weighted by atomic mass is 10.2. The Labute approximate surface area is 125 Å². The van der Waals surface area contributed by atoms with E-state index in [1.54, 1.807) is 17.2 Å². The first-order valence-electron chi connectivity index (χ1n) is 6.38. The van der Waals surface area contributed by atoms with E-state index in [0.29, 0.717) is 11.6 Å². The molecule has 0 unspecified atom stereocenters. The number of thioether (sulfide) groups is 1. The lowest BCUT2D eigenvalue weighted by molar-refractivity contribution is 0.571. The number of furan rings is 1. The third-order valence-corrected chi connectivity index (χ3v) is 3.87. The lowest BCUT2D eigenvalue weighted by Gasteiger charge is -2.08. The topological polar surface area (TPSA) is 56.2 Å². The van der Waals surface area contributed by atoms with Gasteiger partial charge in [-0.15, -0.1) is 10.2 Å². The van der Waals surface area contributed by atoms with Crippen molar-refractivity contribution in [3.05, 3.63) is 59.2 Å². The van der Waals surface area contributed by atoms with E-state index in [-0.39, 0.29) is 0 Å². The Morgan fingerprint density at radius 3 is 2.76 bits per heavy atom. The first-order valence-corrected chi connectivity index (χ1v) is 7.20. The van der Waals surface area contributed by atoms with Crippen LogP contribution in [0.25, 0.3) is 17.7 Å². The Kier molecular flexibility index (Phi) is 2.93.